The Labute approximate surface area is 150 Å². The van der Waals surface area contributed by atoms with Crippen molar-refractivity contribution >= 4 is 18.3 Å². The Kier molecular flexibility index (Phi) is 10.7. The summed E-state index contributed by atoms with van der Waals surface area (Å²) in [6, 6.07) is 8.54. The highest BCUT2D eigenvalue weighted by Gasteiger charge is 2.19. The van der Waals surface area contributed by atoms with Gasteiger partial charge in [0.15, 0.2) is 0 Å². The molecule has 0 spiro atoms. The van der Waals surface area contributed by atoms with E-state index in [4.69, 9.17) is 9.47 Å². The summed E-state index contributed by atoms with van der Waals surface area (Å²) in [4.78, 5) is 11.6. The zero-order chi connectivity index (χ0) is 16.3. The normalized spacial score (nSPS) is 16.1. The number of hydrogen-bond acceptors (Lipinski definition) is 4. The molecule has 1 aromatic carbocycles. The summed E-state index contributed by atoms with van der Waals surface area (Å²) in [5, 5.41) is 5.92. The molecule has 0 saturated carbocycles. The van der Waals surface area contributed by atoms with E-state index in [0.29, 0.717) is 32.8 Å². The Morgan fingerprint density at radius 2 is 2.08 bits per heavy atom. The van der Waals surface area contributed by atoms with Crippen LogP contribution in [0.3, 0.4) is 0 Å². The third-order valence-electron chi connectivity index (χ3n) is 4.05. The average molecular weight is 357 g/mol. The number of nitrogens with one attached hydrogen (secondary N) is 2. The molecule has 5 nitrogen and oxygen atoms in total. The van der Waals surface area contributed by atoms with E-state index in [1.54, 1.807) is 7.11 Å². The minimum atomic E-state index is 0. The summed E-state index contributed by atoms with van der Waals surface area (Å²) in [6.45, 7) is 2.97. The number of carbonyl (C=O) groups is 1. The van der Waals surface area contributed by atoms with Crippen LogP contribution in [-0.4, -0.2) is 45.9 Å². The van der Waals surface area contributed by atoms with Crippen LogP contribution in [-0.2, 0) is 20.7 Å². The number of ether oxygens (including phenoxy) is 2. The maximum Gasteiger partial charge on any atom is 0.233 e. The second-order valence-corrected chi connectivity index (χ2v) is 5.82. The lowest BCUT2D eigenvalue weighted by Crippen LogP contribution is -2.35. The van der Waals surface area contributed by atoms with Crippen molar-refractivity contribution in [3.8, 4) is 0 Å². The van der Waals surface area contributed by atoms with Crippen molar-refractivity contribution in [3.63, 3.8) is 0 Å². The summed E-state index contributed by atoms with van der Waals surface area (Å²) in [5.74, 6) is 0.0177. The fourth-order valence-corrected chi connectivity index (χ4v) is 2.85. The van der Waals surface area contributed by atoms with Crippen LogP contribution in [0.15, 0.2) is 24.3 Å². The van der Waals surface area contributed by atoms with Crippen LogP contribution in [0.4, 0.5) is 0 Å². The van der Waals surface area contributed by atoms with E-state index in [9.17, 15) is 4.79 Å². The average Bonchev–Trinajstić information content (AvgIpc) is 2.58. The number of hydrogen-bond donors (Lipinski definition) is 2. The minimum absolute atomic E-state index is 0. The number of amides is 1. The first-order valence-electron chi connectivity index (χ1n) is 8.47. The molecule has 0 fully saturated rings. The van der Waals surface area contributed by atoms with E-state index in [0.717, 1.165) is 19.3 Å². The molecule has 0 radical (unpaired) electrons. The lowest BCUT2D eigenvalue weighted by atomic mass is 9.89. The van der Waals surface area contributed by atoms with Gasteiger partial charge >= 0.3 is 0 Å². The standard InChI is InChI=1S/C18H28N2O3.ClH/c1-22-13-11-19-14-18(21)20-10-5-12-23-17-9-4-7-15-6-2-3-8-16(15)17;/h2-3,6,8,17,19H,4-5,7,9-14H2,1H3,(H,20,21);1H. The van der Waals surface area contributed by atoms with Crippen molar-refractivity contribution in [2.75, 3.05) is 40.0 Å². The van der Waals surface area contributed by atoms with Gasteiger partial charge in [-0.15, -0.1) is 12.4 Å². The highest BCUT2D eigenvalue weighted by Crippen LogP contribution is 2.32. The van der Waals surface area contributed by atoms with Crippen LogP contribution >= 0.6 is 12.4 Å². The van der Waals surface area contributed by atoms with E-state index in [2.05, 4.69) is 34.9 Å². The smallest absolute Gasteiger partial charge is 0.233 e. The number of rotatable bonds is 10. The van der Waals surface area contributed by atoms with Gasteiger partial charge in [-0.1, -0.05) is 24.3 Å². The predicted octanol–water partition coefficient (Wildman–Crippen LogP) is 2.24. The molecule has 0 saturated heterocycles. The zero-order valence-electron chi connectivity index (χ0n) is 14.4. The number of fused-ring (bicyclic) bond motifs is 1. The number of halogens is 1. The van der Waals surface area contributed by atoms with Crippen molar-refractivity contribution in [1.82, 2.24) is 10.6 Å². The van der Waals surface area contributed by atoms with Crippen LogP contribution in [0.25, 0.3) is 0 Å². The maximum atomic E-state index is 11.6. The van der Waals surface area contributed by atoms with Gasteiger partial charge in [-0.05, 0) is 36.8 Å². The molecule has 1 aromatic rings. The molecular weight excluding hydrogens is 328 g/mol. The molecule has 1 amide bonds. The van der Waals surface area contributed by atoms with Gasteiger partial charge in [0.25, 0.3) is 0 Å². The molecule has 6 heteroatoms. The van der Waals surface area contributed by atoms with Gasteiger partial charge < -0.3 is 20.1 Å². The summed E-state index contributed by atoms with van der Waals surface area (Å²) >= 11 is 0. The summed E-state index contributed by atoms with van der Waals surface area (Å²) in [5.41, 5.74) is 2.75. The number of methoxy groups -OCH3 is 1. The van der Waals surface area contributed by atoms with Gasteiger partial charge in [0.2, 0.25) is 5.91 Å². The van der Waals surface area contributed by atoms with Crippen molar-refractivity contribution < 1.29 is 14.3 Å². The van der Waals surface area contributed by atoms with Gasteiger partial charge in [-0.2, -0.15) is 0 Å². The molecule has 0 aromatic heterocycles. The molecule has 0 bridgehead atoms. The van der Waals surface area contributed by atoms with Gasteiger partial charge in [0.05, 0.1) is 19.3 Å². The molecule has 1 aliphatic carbocycles. The van der Waals surface area contributed by atoms with Gasteiger partial charge in [0.1, 0.15) is 0 Å². The van der Waals surface area contributed by atoms with Crippen molar-refractivity contribution in [1.29, 1.82) is 0 Å². The predicted molar refractivity (Wildman–Crippen MR) is 97.7 cm³/mol. The van der Waals surface area contributed by atoms with Gasteiger partial charge in [-0.25, -0.2) is 0 Å². The molecule has 2 N–H and O–H groups in total. The number of benzene rings is 1. The maximum absolute atomic E-state index is 11.6. The third kappa shape index (κ3) is 7.18. The first-order chi connectivity index (χ1) is 11.3. The Bertz CT molecular complexity index is 485. The van der Waals surface area contributed by atoms with E-state index in [-0.39, 0.29) is 24.4 Å². The van der Waals surface area contributed by atoms with E-state index in [1.807, 2.05) is 0 Å². The van der Waals surface area contributed by atoms with Crippen LogP contribution in [0.2, 0.25) is 0 Å². The van der Waals surface area contributed by atoms with Crippen LogP contribution in [0.5, 0.6) is 0 Å². The second-order valence-electron chi connectivity index (χ2n) is 5.82. The van der Waals surface area contributed by atoms with Crippen molar-refractivity contribution in [3.05, 3.63) is 35.4 Å². The largest absolute Gasteiger partial charge is 0.383 e. The van der Waals surface area contributed by atoms with Gasteiger partial charge in [-0.3, -0.25) is 4.79 Å². The molecule has 0 aliphatic heterocycles. The highest BCUT2D eigenvalue weighted by molar-refractivity contribution is 5.85. The van der Waals surface area contributed by atoms with Crippen LogP contribution in [0.1, 0.15) is 36.5 Å². The second kappa shape index (κ2) is 12.3. The lowest BCUT2D eigenvalue weighted by Gasteiger charge is -2.25. The minimum Gasteiger partial charge on any atom is -0.383 e. The summed E-state index contributed by atoms with van der Waals surface area (Å²) in [7, 11) is 1.65. The first-order valence-corrected chi connectivity index (χ1v) is 8.47. The molecular formula is C18H29ClN2O3. The van der Waals surface area contributed by atoms with E-state index in [1.165, 1.54) is 17.5 Å². The number of carbonyl (C=O) groups excluding carboxylic acids is 1. The monoisotopic (exact) mass is 356 g/mol. The molecule has 2 rings (SSSR count). The van der Waals surface area contributed by atoms with Crippen molar-refractivity contribution in [2.45, 2.75) is 31.8 Å². The molecule has 136 valence electrons. The fourth-order valence-electron chi connectivity index (χ4n) is 2.85. The zero-order valence-corrected chi connectivity index (χ0v) is 15.2. The van der Waals surface area contributed by atoms with Crippen molar-refractivity contribution in [2.24, 2.45) is 0 Å². The Hall–Kier alpha value is -1.14. The Balaban J connectivity index is 0.00000288. The summed E-state index contributed by atoms with van der Waals surface area (Å²) in [6.07, 6.45) is 4.48. The fraction of sp³-hybridized carbons (Fsp3) is 0.611. The Morgan fingerprint density at radius 1 is 1.25 bits per heavy atom. The molecule has 0 heterocycles. The number of aryl methyl sites for hydroxylation is 1. The molecule has 1 atom stereocenters. The first kappa shape index (κ1) is 20.9. The molecule has 24 heavy (non-hydrogen) atoms. The van der Waals surface area contributed by atoms with Crippen LogP contribution < -0.4 is 10.6 Å². The topological polar surface area (TPSA) is 59.6 Å². The van der Waals surface area contributed by atoms with E-state index < -0.39 is 0 Å². The van der Waals surface area contributed by atoms with Gasteiger partial charge in [0, 0.05) is 26.8 Å². The Morgan fingerprint density at radius 3 is 2.92 bits per heavy atom. The highest BCUT2D eigenvalue weighted by atomic mass is 35.5. The molecule has 1 unspecified atom stereocenters. The SMILES string of the molecule is COCCNCC(=O)NCCCOC1CCCc2ccccc21.Cl. The third-order valence-corrected chi connectivity index (χ3v) is 4.05. The van der Waals surface area contributed by atoms with Crippen LogP contribution in [0, 0.1) is 0 Å². The quantitative estimate of drug-likeness (QED) is 0.631. The molecule has 1 aliphatic rings. The lowest BCUT2D eigenvalue weighted by molar-refractivity contribution is -0.120. The summed E-state index contributed by atoms with van der Waals surface area (Å²) < 4.78 is 10.9. The van der Waals surface area contributed by atoms with E-state index >= 15 is 0 Å².